The first-order chi connectivity index (χ1) is 4.54. The molecule has 5 heteroatoms. The van der Waals surface area contributed by atoms with E-state index in [2.05, 4.69) is 4.52 Å². The van der Waals surface area contributed by atoms with E-state index < -0.39 is 13.9 Å². The molecule has 0 unspecified atom stereocenters. The zero-order valence-electron chi connectivity index (χ0n) is 6.40. The Morgan fingerprint density at radius 3 is 2.20 bits per heavy atom. The number of hydrogen-bond acceptors (Lipinski definition) is 4. The molecule has 0 fully saturated rings. The Labute approximate surface area is 60.7 Å². The van der Waals surface area contributed by atoms with Crippen molar-refractivity contribution in [1.29, 1.82) is 0 Å². The predicted octanol–water partition coefficient (Wildman–Crippen LogP) is 1.20. The van der Waals surface area contributed by atoms with Gasteiger partial charge in [-0.25, -0.2) is 0 Å². The minimum atomic E-state index is -3.18. The lowest BCUT2D eigenvalue weighted by Crippen LogP contribution is -2.04. The van der Waals surface area contributed by atoms with Gasteiger partial charge in [0.1, 0.15) is 6.35 Å². The second-order valence-electron chi connectivity index (χ2n) is 2.09. The molecule has 0 heterocycles. The molecule has 0 aliphatic carbocycles. The Balaban J connectivity index is 3.94. The molecular weight excluding hydrogens is 155 g/mol. The van der Waals surface area contributed by atoms with E-state index in [0.29, 0.717) is 0 Å². The van der Waals surface area contributed by atoms with Crippen molar-refractivity contribution >= 4 is 7.60 Å². The molecule has 4 nitrogen and oxygen atoms in total. The normalized spacial score (nSPS) is 17.3. The summed E-state index contributed by atoms with van der Waals surface area (Å²) in [5, 5.41) is 8.52. The van der Waals surface area contributed by atoms with Gasteiger partial charge in [-0.2, -0.15) is 0 Å². The highest BCUT2D eigenvalue weighted by atomic mass is 31.2. The molecule has 0 saturated heterocycles. The second kappa shape index (κ2) is 4.09. The highest BCUT2D eigenvalue weighted by Crippen LogP contribution is 2.46. The van der Waals surface area contributed by atoms with Gasteiger partial charge in [0.25, 0.3) is 0 Å². The third-order valence-electron chi connectivity index (χ3n) is 0.823. The lowest BCUT2D eigenvalue weighted by Gasteiger charge is -2.15. The van der Waals surface area contributed by atoms with E-state index in [0.717, 1.165) is 0 Å². The van der Waals surface area contributed by atoms with Crippen molar-refractivity contribution in [3.63, 3.8) is 0 Å². The van der Waals surface area contributed by atoms with Crippen molar-refractivity contribution in [2.75, 3.05) is 13.5 Å². The first-order valence-corrected chi connectivity index (χ1v) is 4.71. The summed E-state index contributed by atoms with van der Waals surface area (Å²) < 4.78 is 20.4. The van der Waals surface area contributed by atoms with Gasteiger partial charge in [0.05, 0.1) is 6.10 Å². The molecular formula is C5H13O4P. The van der Waals surface area contributed by atoms with Gasteiger partial charge in [0, 0.05) is 7.11 Å². The maximum atomic E-state index is 11.1. The van der Waals surface area contributed by atoms with Gasteiger partial charge in [-0.05, 0) is 13.8 Å². The first kappa shape index (κ1) is 10.1. The quantitative estimate of drug-likeness (QED) is 0.641. The van der Waals surface area contributed by atoms with E-state index >= 15 is 0 Å². The van der Waals surface area contributed by atoms with Crippen LogP contribution in [0.25, 0.3) is 0 Å². The third-order valence-corrected chi connectivity index (χ3v) is 2.47. The Morgan fingerprint density at radius 1 is 1.60 bits per heavy atom. The maximum Gasteiger partial charge on any atom is 0.355 e. The smallest absolute Gasteiger partial charge is 0.355 e. The summed E-state index contributed by atoms with van der Waals surface area (Å²) in [6, 6.07) is 0. The van der Waals surface area contributed by atoms with E-state index in [1.54, 1.807) is 13.8 Å². The fourth-order valence-electron chi connectivity index (χ4n) is 0.455. The Kier molecular flexibility index (Phi) is 4.13. The Morgan fingerprint density at radius 2 is 2.10 bits per heavy atom. The zero-order valence-corrected chi connectivity index (χ0v) is 7.30. The fraction of sp³-hybridized carbons (Fsp3) is 1.00. The van der Waals surface area contributed by atoms with Gasteiger partial charge in [-0.3, -0.25) is 4.57 Å². The molecule has 0 aliphatic heterocycles. The predicted molar refractivity (Wildman–Crippen MR) is 37.9 cm³/mol. The molecule has 0 aromatic carbocycles. The highest BCUT2D eigenvalue weighted by Gasteiger charge is 2.22. The van der Waals surface area contributed by atoms with Crippen LogP contribution in [-0.4, -0.2) is 24.7 Å². The van der Waals surface area contributed by atoms with Crippen LogP contribution in [0.1, 0.15) is 13.8 Å². The summed E-state index contributed by atoms with van der Waals surface area (Å²) in [6.45, 7) is 3.45. The van der Waals surface area contributed by atoms with E-state index in [-0.39, 0.29) is 6.10 Å². The van der Waals surface area contributed by atoms with E-state index in [9.17, 15) is 4.57 Å². The van der Waals surface area contributed by atoms with Crippen LogP contribution >= 0.6 is 7.60 Å². The van der Waals surface area contributed by atoms with Crippen LogP contribution in [0.4, 0.5) is 0 Å². The summed E-state index contributed by atoms with van der Waals surface area (Å²) in [4.78, 5) is 0. The fourth-order valence-corrected chi connectivity index (χ4v) is 1.37. The van der Waals surface area contributed by atoms with Crippen LogP contribution in [-0.2, 0) is 13.6 Å². The van der Waals surface area contributed by atoms with E-state index in [1.807, 2.05) is 0 Å². The number of rotatable bonds is 4. The first-order valence-electron chi connectivity index (χ1n) is 2.98. The number of hydrogen-bond donors (Lipinski definition) is 1. The summed E-state index contributed by atoms with van der Waals surface area (Å²) >= 11 is 0. The third kappa shape index (κ3) is 3.32. The van der Waals surface area contributed by atoms with Crippen LogP contribution < -0.4 is 0 Å². The van der Waals surface area contributed by atoms with Crippen LogP contribution in [0.2, 0.25) is 0 Å². The average molecular weight is 168 g/mol. The number of aliphatic hydroxyl groups excluding tert-OH is 1. The van der Waals surface area contributed by atoms with Crippen molar-refractivity contribution in [2.24, 2.45) is 0 Å². The lowest BCUT2D eigenvalue weighted by molar-refractivity contribution is 0.166. The SMILES string of the molecule is CO[P@@](=O)(CO)OC(C)C. The van der Waals surface area contributed by atoms with Gasteiger partial charge < -0.3 is 14.2 Å². The van der Waals surface area contributed by atoms with Crippen LogP contribution in [0.3, 0.4) is 0 Å². The molecule has 0 spiro atoms. The monoisotopic (exact) mass is 168 g/mol. The Hall–Kier alpha value is 0.110. The van der Waals surface area contributed by atoms with Gasteiger partial charge in [-0.15, -0.1) is 0 Å². The standard InChI is InChI=1S/C5H13O4P/c1-5(2)9-10(7,4-6)8-3/h5-6H,4H2,1-3H3/t10-/m0/s1. The summed E-state index contributed by atoms with van der Waals surface area (Å²) in [6.07, 6.45) is -0.764. The minimum Gasteiger partial charge on any atom is -0.384 e. The van der Waals surface area contributed by atoms with Crippen molar-refractivity contribution in [3.05, 3.63) is 0 Å². The van der Waals surface area contributed by atoms with Crippen molar-refractivity contribution < 1.29 is 18.7 Å². The van der Waals surface area contributed by atoms with Gasteiger partial charge >= 0.3 is 7.60 Å². The molecule has 0 amide bonds. The van der Waals surface area contributed by atoms with Crippen molar-refractivity contribution in [2.45, 2.75) is 20.0 Å². The van der Waals surface area contributed by atoms with Crippen LogP contribution in [0.15, 0.2) is 0 Å². The molecule has 1 atom stereocenters. The molecule has 62 valence electrons. The molecule has 0 bridgehead atoms. The molecule has 0 rings (SSSR count). The molecule has 0 aliphatic rings. The lowest BCUT2D eigenvalue weighted by atomic mass is 10.5. The topological polar surface area (TPSA) is 55.8 Å². The summed E-state index contributed by atoms with van der Waals surface area (Å²) in [7, 11) is -1.93. The van der Waals surface area contributed by atoms with E-state index in [1.165, 1.54) is 7.11 Å². The molecule has 0 saturated carbocycles. The Bertz CT molecular complexity index is 126. The summed E-state index contributed by atoms with van der Waals surface area (Å²) in [5.74, 6) is 0. The van der Waals surface area contributed by atoms with Crippen molar-refractivity contribution in [3.8, 4) is 0 Å². The maximum absolute atomic E-state index is 11.1. The minimum absolute atomic E-state index is 0.196. The van der Waals surface area contributed by atoms with Crippen LogP contribution in [0.5, 0.6) is 0 Å². The van der Waals surface area contributed by atoms with Gasteiger partial charge in [0.15, 0.2) is 0 Å². The molecule has 0 aromatic rings. The second-order valence-corrected chi connectivity index (χ2v) is 4.17. The average Bonchev–Trinajstić information content (AvgIpc) is 1.87. The molecule has 1 N–H and O–H groups in total. The van der Waals surface area contributed by atoms with Gasteiger partial charge in [0.2, 0.25) is 0 Å². The molecule has 0 radical (unpaired) electrons. The molecule has 0 aromatic heterocycles. The zero-order chi connectivity index (χ0) is 8.20. The van der Waals surface area contributed by atoms with E-state index in [4.69, 9.17) is 9.63 Å². The number of aliphatic hydroxyl groups is 1. The largest absolute Gasteiger partial charge is 0.384 e. The highest BCUT2D eigenvalue weighted by molar-refractivity contribution is 7.53. The van der Waals surface area contributed by atoms with Crippen LogP contribution in [0, 0.1) is 0 Å². The van der Waals surface area contributed by atoms with Gasteiger partial charge in [-0.1, -0.05) is 0 Å². The van der Waals surface area contributed by atoms with Crippen molar-refractivity contribution in [1.82, 2.24) is 0 Å². The molecule has 10 heavy (non-hydrogen) atoms. The summed E-state index contributed by atoms with van der Waals surface area (Å²) in [5.41, 5.74) is 0.